The van der Waals surface area contributed by atoms with Crippen molar-refractivity contribution in [1.82, 2.24) is 0 Å². The third-order valence-corrected chi connectivity index (χ3v) is 2.43. The lowest BCUT2D eigenvalue weighted by atomic mass is 9.96. The van der Waals surface area contributed by atoms with Gasteiger partial charge < -0.3 is 0 Å². The Labute approximate surface area is 88.3 Å². The number of hydrogen-bond acceptors (Lipinski definition) is 2. The molecule has 0 saturated carbocycles. The lowest BCUT2D eigenvalue weighted by Gasteiger charge is -2.07. The van der Waals surface area contributed by atoms with Gasteiger partial charge in [-0.1, -0.05) is 13.8 Å². The lowest BCUT2D eigenvalue weighted by molar-refractivity contribution is 0.0927. The number of hydrogen-bond donors (Lipinski definition) is 0. The minimum absolute atomic E-state index is 0.0472. The van der Waals surface area contributed by atoms with Crippen LogP contribution in [0.3, 0.4) is 0 Å². The molecule has 2 nitrogen and oxygen atoms in total. The Balaban J connectivity index is 3.07. The van der Waals surface area contributed by atoms with Crippen LogP contribution in [-0.2, 0) is 0 Å². The van der Waals surface area contributed by atoms with Crippen molar-refractivity contribution < 1.29 is 9.18 Å². The number of rotatable bonds is 3. The molecule has 0 N–H and O–H groups in total. The molecule has 1 atom stereocenters. The van der Waals surface area contributed by atoms with Crippen LogP contribution < -0.4 is 0 Å². The summed E-state index contributed by atoms with van der Waals surface area (Å²) in [5.41, 5.74) is 0.325. The highest BCUT2D eigenvalue weighted by molar-refractivity contribution is 5.97. The van der Waals surface area contributed by atoms with E-state index < -0.39 is 5.82 Å². The van der Waals surface area contributed by atoms with Gasteiger partial charge in [0.25, 0.3) is 0 Å². The molecular weight excluding hydrogens is 193 g/mol. The molecule has 15 heavy (non-hydrogen) atoms. The Kier molecular flexibility index (Phi) is 3.56. The second kappa shape index (κ2) is 4.70. The Bertz CT molecular complexity index is 420. The van der Waals surface area contributed by atoms with Crippen molar-refractivity contribution in [3.63, 3.8) is 0 Å². The van der Waals surface area contributed by atoms with Gasteiger partial charge in [0.05, 0.1) is 5.56 Å². The van der Waals surface area contributed by atoms with E-state index >= 15 is 0 Å². The summed E-state index contributed by atoms with van der Waals surface area (Å²) in [5.74, 6) is -0.728. The molecule has 1 aromatic rings. The molecule has 0 spiro atoms. The normalized spacial score (nSPS) is 11.9. The minimum Gasteiger partial charge on any atom is -0.294 e. The Morgan fingerprint density at radius 2 is 2.27 bits per heavy atom. The van der Waals surface area contributed by atoms with Gasteiger partial charge in [-0.2, -0.15) is 5.26 Å². The standard InChI is InChI=1S/C12H12FNO/c1-3-8(2)12(15)9-4-5-11(13)10(6-9)7-14/h4-6,8H,3H2,1-2H3. The first kappa shape index (κ1) is 11.4. The fourth-order valence-corrected chi connectivity index (χ4v) is 1.23. The van der Waals surface area contributed by atoms with Crippen LogP contribution in [0.15, 0.2) is 18.2 Å². The molecule has 0 aliphatic carbocycles. The van der Waals surface area contributed by atoms with E-state index in [9.17, 15) is 9.18 Å². The van der Waals surface area contributed by atoms with Crippen molar-refractivity contribution in [2.24, 2.45) is 5.92 Å². The second-order valence-corrected chi connectivity index (χ2v) is 3.48. The van der Waals surface area contributed by atoms with Crippen molar-refractivity contribution in [3.05, 3.63) is 35.1 Å². The van der Waals surface area contributed by atoms with Gasteiger partial charge in [-0.15, -0.1) is 0 Å². The minimum atomic E-state index is -0.585. The monoisotopic (exact) mass is 205 g/mol. The molecule has 3 heteroatoms. The van der Waals surface area contributed by atoms with E-state index in [1.54, 1.807) is 6.07 Å². The van der Waals surface area contributed by atoms with Crippen LogP contribution in [0.4, 0.5) is 4.39 Å². The van der Waals surface area contributed by atoms with E-state index in [1.165, 1.54) is 12.1 Å². The van der Waals surface area contributed by atoms with Gasteiger partial charge in [0, 0.05) is 11.5 Å². The van der Waals surface area contributed by atoms with Crippen molar-refractivity contribution >= 4 is 5.78 Å². The maximum atomic E-state index is 13.0. The van der Waals surface area contributed by atoms with E-state index in [0.29, 0.717) is 5.56 Å². The third kappa shape index (κ3) is 2.41. The predicted molar refractivity (Wildman–Crippen MR) is 54.9 cm³/mol. The van der Waals surface area contributed by atoms with Gasteiger partial charge in [-0.05, 0) is 24.6 Å². The topological polar surface area (TPSA) is 40.9 Å². The third-order valence-electron chi connectivity index (χ3n) is 2.43. The van der Waals surface area contributed by atoms with E-state index in [1.807, 2.05) is 13.8 Å². The molecule has 78 valence electrons. The SMILES string of the molecule is CCC(C)C(=O)c1ccc(F)c(C#N)c1. The molecular formula is C12H12FNO. The van der Waals surface area contributed by atoms with Gasteiger partial charge >= 0.3 is 0 Å². The zero-order valence-electron chi connectivity index (χ0n) is 8.75. The van der Waals surface area contributed by atoms with Crippen LogP contribution in [0.5, 0.6) is 0 Å². The quantitative estimate of drug-likeness (QED) is 0.712. The van der Waals surface area contributed by atoms with E-state index in [-0.39, 0.29) is 17.3 Å². The molecule has 0 amide bonds. The van der Waals surface area contributed by atoms with Crippen LogP contribution in [0.2, 0.25) is 0 Å². The van der Waals surface area contributed by atoms with Gasteiger partial charge in [0.2, 0.25) is 0 Å². The van der Waals surface area contributed by atoms with Gasteiger partial charge in [-0.3, -0.25) is 4.79 Å². The predicted octanol–water partition coefficient (Wildman–Crippen LogP) is 2.93. The molecule has 0 aromatic heterocycles. The second-order valence-electron chi connectivity index (χ2n) is 3.48. The number of carbonyl (C=O) groups excluding carboxylic acids is 1. The van der Waals surface area contributed by atoms with Gasteiger partial charge in [0.1, 0.15) is 11.9 Å². The summed E-state index contributed by atoms with van der Waals surface area (Å²) >= 11 is 0. The first-order valence-electron chi connectivity index (χ1n) is 4.84. The smallest absolute Gasteiger partial charge is 0.165 e. The van der Waals surface area contributed by atoms with E-state index in [4.69, 9.17) is 5.26 Å². The van der Waals surface area contributed by atoms with E-state index in [0.717, 1.165) is 12.5 Å². The Morgan fingerprint density at radius 3 is 2.80 bits per heavy atom. The summed E-state index contributed by atoms with van der Waals surface area (Å²) in [7, 11) is 0. The molecule has 0 fully saturated rings. The molecule has 0 aliphatic heterocycles. The molecule has 1 rings (SSSR count). The lowest BCUT2D eigenvalue weighted by Crippen LogP contribution is -2.10. The Morgan fingerprint density at radius 1 is 1.60 bits per heavy atom. The van der Waals surface area contributed by atoms with Crippen molar-refractivity contribution in [3.8, 4) is 6.07 Å². The maximum absolute atomic E-state index is 13.0. The summed E-state index contributed by atoms with van der Waals surface area (Å²) in [6.45, 7) is 3.73. The zero-order chi connectivity index (χ0) is 11.4. The first-order chi connectivity index (χ1) is 7.10. The molecule has 1 unspecified atom stereocenters. The van der Waals surface area contributed by atoms with Crippen molar-refractivity contribution in [2.45, 2.75) is 20.3 Å². The summed E-state index contributed by atoms with van der Waals surface area (Å²) in [5, 5.41) is 8.62. The maximum Gasteiger partial charge on any atom is 0.165 e. The average Bonchev–Trinajstić information content (AvgIpc) is 2.27. The highest BCUT2D eigenvalue weighted by atomic mass is 19.1. The van der Waals surface area contributed by atoms with Crippen LogP contribution in [0, 0.1) is 23.1 Å². The molecule has 0 saturated heterocycles. The molecule has 0 aliphatic rings. The first-order valence-corrected chi connectivity index (χ1v) is 4.84. The van der Waals surface area contributed by atoms with E-state index in [2.05, 4.69) is 0 Å². The van der Waals surface area contributed by atoms with Crippen molar-refractivity contribution in [1.29, 1.82) is 5.26 Å². The largest absolute Gasteiger partial charge is 0.294 e. The number of ketones is 1. The molecule has 0 heterocycles. The summed E-state index contributed by atoms with van der Waals surface area (Å²) in [4.78, 5) is 11.7. The van der Waals surface area contributed by atoms with Crippen molar-refractivity contribution in [2.75, 3.05) is 0 Å². The average molecular weight is 205 g/mol. The molecule has 0 bridgehead atoms. The summed E-state index contributed by atoms with van der Waals surface area (Å²) < 4.78 is 13.0. The number of Topliss-reactive ketones (excluding diaryl/α,β-unsaturated/α-hetero) is 1. The number of benzene rings is 1. The van der Waals surface area contributed by atoms with Crippen LogP contribution in [0.1, 0.15) is 36.2 Å². The van der Waals surface area contributed by atoms with Crippen LogP contribution in [0.25, 0.3) is 0 Å². The number of halogens is 1. The number of carbonyl (C=O) groups is 1. The molecule has 1 aromatic carbocycles. The fraction of sp³-hybridized carbons (Fsp3) is 0.333. The molecule has 0 radical (unpaired) electrons. The van der Waals surface area contributed by atoms with Gasteiger partial charge in [-0.25, -0.2) is 4.39 Å². The van der Waals surface area contributed by atoms with Crippen LogP contribution >= 0.6 is 0 Å². The Hall–Kier alpha value is -1.69. The summed E-state index contributed by atoms with van der Waals surface area (Å²) in [6, 6.07) is 5.61. The zero-order valence-corrected chi connectivity index (χ0v) is 8.75. The van der Waals surface area contributed by atoms with Crippen LogP contribution in [-0.4, -0.2) is 5.78 Å². The number of nitrogens with zero attached hydrogens (tertiary/aromatic N) is 1. The highest BCUT2D eigenvalue weighted by Gasteiger charge is 2.14. The fourth-order valence-electron chi connectivity index (χ4n) is 1.23. The summed E-state index contributed by atoms with van der Waals surface area (Å²) in [6.07, 6.45) is 0.734. The van der Waals surface area contributed by atoms with Gasteiger partial charge in [0.15, 0.2) is 5.78 Å². The number of nitriles is 1. The highest BCUT2D eigenvalue weighted by Crippen LogP contribution is 2.15.